The van der Waals surface area contributed by atoms with Crippen LogP contribution in [-0.2, 0) is 4.74 Å². The van der Waals surface area contributed by atoms with Crippen LogP contribution in [-0.4, -0.2) is 48.0 Å². The first kappa shape index (κ1) is 13.5. The molecule has 3 aromatic rings. The summed E-state index contributed by atoms with van der Waals surface area (Å²) < 4.78 is 12.4. The zero-order valence-corrected chi connectivity index (χ0v) is 13.0. The molecule has 0 spiro atoms. The average Bonchev–Trinajstić information content (AvgIpc) is 3.15. The summed E-state index contributed by atoms with van der Waals surface area (Å²) in [6.45, 7) is 3.31. The van der Waals surface area contributed by atoms with E-state index in [9.17, 15) is 0 Å². The molecule has 0 bridgehead atoms. The van der Waals surface area contributed by atoms with Gasteiger partial charge in [-0.2, -0.15) is 0 Å². The second-order valence-electron chi connectivity index (χ2n) is 5.07. The van der Waals surface area contributed by atoms with Crippen LogP contribution in [0.25, 0.3) is 16.2 Å². The largest absolute Gasteiger partial charge is 0.497 e. The first-order valence-electron chi connectivity index (χ1n) is 7.17. The highest BCUT2D eigenvalue weighted by molar-refractivity contribution is 7.20. The standard InChI is InChI=1S/C15H16N4O2S/c1-20-12-4-2-11(3-5-12)13-10-19-14(16-13)22-15(17-19)18-6-8-21-9-7-18/h2-5,10H,6-9H2,1H3. The lowest BCUT2D eigenvalue weighted by Crippen LogP contribution is -2.36. The van der Waals surface area contributed by atoms with Crippen molar-refractivity contribution in [1.29, 1.82) is 0 Å². The van der Waals surface area contributed by atoms with Gasteiger partial charge in [-0.1, -0.05) is 11.3 Å². The van der Waals surface area contributed by atoms with Gasteiger partial charge >= 0.3 is 0 Å². The van der Waals surface area contributed by atoms with Crippen LogP contribution in [0.3, 0.4) is 0 Å². The van der Waals surface area contributed by atoms with Crippen LogP contribution in [0, 0.1) is 0 Å². The summed E-state index contributed by atoms with van der Waals surface area (Å²) in [5.74, 6) is 0.845. The number of aromatic nitrogens is 3. The highest BCUT2D eigenvalue weighted by atomic mass is 32.1. The number of methoxy groups -OCH3 is 1. The Kier molecular flexibility index (Phi) is 3.44. The molecule has 0 unspecified atom stereocenters. The number of fused-ring (bicyclic) bond motifs is 1. The van der Waals surface area contributed by atoms with Crippen molar-refractivity contribution in [3.63, 3.8) is 0 Å². The Balaban J connectivity index is 1.62. The predicted molar refractivity (Wildman–Crippen MR) is 85.9 cm³/mol. The monoisotopic (exact) mass is 316 g/mol. The van der Waals surface area contributed by atoms with Crippen LogP contribution in [0.1, 0.15) is 0 Å². The number of hydrogen-bond acceptors (Lipinski definition) is 6. The van der Waals surface area contributed by atoms with E-state index in [0.29, 0.717) is 0 Å². The van der Waals surface area contributed by atoms with Crippen molar-refractivity contribution in [1.82, 2.24) is 14.6 Å². The van der Waals surface area contributed by atoms with Gasteiger partial charge in [-0.15, -0.1) is 5.10 Å². The highest BCUT2D eigenvalue weighted by Crippen LogP contribution is 2.27. The third-order valence-corrected chi connectivity index (χ3v) is 4.68. The average molecular weight is 316 g/mol. The number of hydrogen-bond donors (Lipinski definition) is 0. The summed E-state index contributed by atoms with van der Waals surface area (Å²) in [6, 6.07) is 7.90. The number of ether oxygens (including phenoxy) is 2. The lowest BCUT2D eigenvalue weighted by atomic mass is 10.2. The van der Waals surface area contributed by atoms with Gasteiger partial charge in [-0.05, 0) is 24.3 Å². The Bertz CT molecular complexity index is 743. The van der Waals surface area contributed by atoms with Gasteiger partial charge in [-0.25, -0.2) is 9.50 Å². The van der Waals surface area contributed by atoms with Gasteiger partial charge in [0.05, 0.1) is 32.2 Å². The quantitative estimate of drug-likeness (QED) is 0.742. The van der Waals surface area contributed by atoms with E-state index in [1.165, 1.54) is 0 Å². The molecule has 1 aromatic carbocycles. The van der Waals surface area contributed by atoms with Gasteiger partial charge in [0.1, 0.15) is 5.75 Å². The Morgan fingerprint density at radius 2 is 1.95 bits per heavy atom. The third kappa shape index (κ3) is 2.42. The second-order valence-corrected chi connectivity index (χ2v) is 6.00. The first-order chi connectivity index (χ1) is 10.8. The zero-order chi connectivity index (χ0) is 14.9. The Morgan fingerprint density at radius 1 is 1.18 bits per heavy atom. The fourth-order valence-electron chi connectivity index (χ4n) is 2.47. The van der Waals surface area contributed by atoms with Crippen LogP contribution in [0.15, 0.2) is 30.5 Å². The molecule has 1 aliphatic heterocycles. The summed E-state index contributed by atoms with van der Waals surface area (Å²) in [4.78, 5) is 7.83. The molecular formula is C15H16N4O2S. The van der Waals surface area contributed by atoms with Crippen molar-refractivity contribution in [3.05, 3.63) is 30.5 Å². The fraction of sp³-hybridized carbons (Fsp3) is 0.333. The molecule has 0 atom stereocenters. The summed E-state index contributed by atoms with van der Waals surface area (Å²) in [5.41, 5.74) is 1.99. The van der Waals surface area contributed by atoms with Crippen molar-refractivity contribution < 1.29 is 9.47 Å². The maximum atomic E-state index is 5.38. The van der Waals surface area contributed by atoms with E-state index in [-0.39, 0.29) is 0 Å². The Morgan fingerprint density at radius 3 is 2.64 bits per heavy atom. The predicted octanol–water partition coefficient (Wildman–Crippen LogP) is 2.30. The molecule has 4 rings (SSSR count). The molecule has 1 saturated heterocycles. The number of rotatable bonds is 3. The lowest BCUT2D eigenvalue weighted by Gasteiger charge is -2.25. The summed E-state index contributed by atoms with van der Waals surface area (Å²) in [6.07, 6.45) is 1.97. The maximum absolute atomic E-state index is 5.38. The van der Waals surface area contributed by atoms with E-state index in [4.69, 9.17) is 9.47 Å². The molecule has 0 amide bonds. The second kappa shape index (κ2) is 5.58. The van der Waals surface area contributed by atoms with Gasteiger partial charge in [0.15, 0.2) is 0 Å². The molecule has 6 nitrogen and oxygen atoms in total. The van der Waals surface area contributed by atoms with Gasteiger partial charge in [0.2, 0.25) is 10.1 Å². The number of benzene rings is 1. The molecule has 2 aromatic heterocycles. The summed E-state index contributed by atoms with van der Waals surface area (Å²) >= 11 is 1.61. The van der Waals surface area contributed by atoms with Crippen LogP contribution in [0.2, 0.25) is 0 Å². The molecule has 0 radical (unpaired) electrons. The summed E-state index contributed by atoms with van der Waals surface area (Å²) in [5, 5.41) is 5.64. The third-order valence-electron chi connectivity index (χ3n) is 3.70. The molecule has 0 N–H and O–H groups in total. The van der Waals surface area contributed by atoms with Crippen molar-refractivity contribution in [2.24, 2.45) is 0 Å². The van der Waals surface area contributed by atoms with Crippen molar-refractivity contribution in [2.75, 3.05) is 38.3 Å². The van der Waals surface area contributed by atoms with Gasteiger partial charge in [0, 0.05) is 18.7 Å². The van der Waals surface area contributed by atoms with E-state index in [1.807, 2.05) is 35.0 Å². The maximum Gasteiger partial charge on any atom is 0.214 e. The Hall–Kier alpha value is -2.12. The number of nitrogens with zero attached hydrogens (tertiary/aromatic N) is 4. The minimum Gasteiger partial charge on any atom is -0.497 e. The van der Waals surface area contributed by atoms with E-state index < -0.39 is 0 Å². The number of morpholine rings is 1. The lowest BCUT2D eigenvalue weighted by molar-refractivity contribution is 0.122. The smallest absolute Gasteiger partial charge is 0.214 e. The summed E-state index contributed by atoms with van der Waals surface area (Å²) in [7, 11) is 1.67. The first-order valence-corrected chi connectivity index (χ1v) is 7.98. The fourth-order valence-corrected chi connectivity index (χ4v) is 3.41. The zero-order valence-electron chi connectivity index (χ0n) is 12.2. The van der Waals surface area contributed by atoms with Crippen LogP contribution >= 0.6 is 11.3 Å². The minimum atomic E-state index is 0.763. The molecule has 3 heterocycles. The minimum absolute atomic E-state index is 0.763. The SMILES string of the molecule is COc1ccc(-c2cn3nc(N4CCOCC4)sc3n2)cc1. The normalized spacial score (nSPS) is 15.4. The molecule has 1 fully saturated rings. The molecule has 0 aliphatic carbocycles. The van der Waals surface area contributed by atoms with Crippen LogP contribution in [0.5, 0.6) is 5.75 Å². The van der Waals surface area contributed by atoms with E-state index >= 15 is 0 Å². The van der Waals surface area contributed by atoms with E-state index in [0.717, 1.165) is 53.4 Å². The molecule has 22 heavy (non-hydrogen) atoms. The number of imidazole rings is 1. The highest BCUT2D eigenvalue weighted by Gasteiger charge is 2.17. The molecule has 114 valence electrons. The van der Waals surface area contributed by atoms with Crippen molar-refractivity contribution >= 4 is 21.4 Å². The van der Waals surface area contributed by atoms with E-state index in [2.05, 4.69) is 15.0 Å². The van der Waals surface area contributed by atoms with Gasteiger partial charge in [-0.3, -0.25) is 0 Å². The van der Waals surface area contributed by atoms with Crippen molar-refractivity contribution in [2.45, 2.75) is 0 Å². The number of anilines is 1. The molecule has 0 saturated carbocycles. The van der Waals surface area contributed by atoms with Gasteiger partial charge in [0.25, 0.3) is 0 Å². The molecule has 1 aliphatic rings. The van der Waals surface area contributed by atoms with Crippen molar-refractivity contribution in [3.8, 4) is 17.0 Å². The van der Waals surface area contributed by atoms with E-state index in [1.54, 1.807) is 18.4 Å². The molecular weight excluding hydrogens is 300 g/mol. The van der Waals surface area contributed by atoms with Gasteiger partial charge < -0.3 is 14.4 Å². The topological polar surface area (TPSA) is 51.9 Å². The Labute approximate surface area is 131 Å². The molecule has 7 heteroatoms. The van der Waals surface area contributed by atoms with Crippen LogP contribution < -0.4 is 9.64 Å². The van der Waals surface area contributed by atoms with Crippen LogP contribution in [0.4, 0.5) is 5.13 Å².